The van der Waals surface area contributed by atoms with Crippen molar-refractivity contribution in [1.82, 2.24) is 9.97 Å². The number of thioether (sulfide) groups is 1. The van der Waals surface area contributed by atoms with Crippen molar-refractivity contribution in [2.24, 2.45) is 0 Å². The molecule has 0 aliphatic heterocycles. The van der Waals surface area contributed by atoms with E-state index >= 15 is 0 Å². The summed E-state index contributed by atoms with van der Waals surface area (Å²) in [6.07, 6.45) is 1.48. The summed E-state index contributed by atoms with van der Waals surface area (Å²) >= 11 is 2.84. The number of ketones is 1. The average Bonchev–Trinajstić information content (AvgIpc) is 3.15. The molecule has 2 heterocycles. The third kappa shape index (κ3) is 3.68. The second-order valence-electron chi connectivity index (χ2n) is 6.13. The van der Waals surface area contributed by atoms with Crippen molar-refractivity contribution in [1.29, 1.82) is 0 Å². The number of nitrogens with zero attached hydrogens (tertiary/aromatic N) is 2. The van der Waals surface area contributed by atoms with Crippen LogP contribution >= 0.6 is 23.1 Å². The zero-order chi connectivity index (χ0) is 19.7. The molecule has 4 rings (SSSR count). The van der Waals surface area contributed by atoms with Gasteiger partial charge < -0.3 is 0 Å². The van der Waals surface area contributed by atoms with E-state index in [2.05, 4.69) is 9.97 Å². The van der Waals surface area contributed by atoms with Gasteiger partial charge >= 0.3 is 0 Å². The molecule has 0 saturated heterocycles. The largest absolute Gasteiger partial charge is 0.293 e. The Morgan fingerprint density at radius 3 is 2.57 bits per heavy atom. The van der Waals surface area contributed by atoms with E-state index < -0.39 is 16.9 Å². The molecule has 28 heavy (non-hydrogen) atoms. The number of benzene rings is 2. The Balaban J connectivity index is 1.63. The van der Waals surface area contributed by atoms with E-state index in [1.54, 1.807) is 18.3 Å². The fraction of sp³-hybridized carbons (Fsp3) is 0.0952. The van der Waals surface area contributed by atoms with Crippen molar-refractivity contribution >= 4 is 39.1 Å². The molecule has 0 saturated carbocycles. The molecule has 7 heteroatoms. The summed E-state index contributed by atoms with van der Waals surface area (Å²) in [6.45, 7) is 1.73. The second kappa shape index (κ2) is 7.77. The summed E-state index contributed by atoms with van der Waals surface area (Å²) in [7, 11) is 0. The van der Waals surface area contributed by atoms with Crippen molar-refractivity contribution in [3.63, 3.8) is 0 Å². The van der Waals surface area contributed by atoms with Crippen molar-refractivity contribution in [3.8, 4) is 10.4 Å². The normalized spacial score (nSPS) is 12.2. The first-order valence-corrected chi connectivity index (χ1v) is 10.2. The van der Waals surface area contributed by atoms with Gasteiger partial charge in [0.2, 0.25) is 0 Å². The number of carbonyl (C=O) groups excluding carboxylic acids is 1. The minimum atomic E-state index is -1.03. The third-order valence-corrected chi connectivity index (χ3v) is 6.42. The van der Waals surface area contributed by atoms with E-state index in [1.165, 1.54) is 24.2 Å². The maximum Gasteiger partial charge on any atom is 0.176 e. The highest BCUT2D eigenvalue weighted by atomic mass is 32.2. The summed E-state index contributed by atoms with van der Waals surface area (Å²) in [5.74, 6) is -2.28. The Hall–Kier alpha value is -2.64. The third-order valence-electron chi connectivity index (χ3n) is 4.21. The zero-order valence-electron chi connectivity index (χ0n) is 14.7. The molecule has 3 nitrogen and oxygen atoms in total. The molecule has 2 aromatic carbocycles. The molecule has 2 aromatic heterocycles. The highest BCUT2D eigenvalue weighted by Gasteiger charge is 2.20. The molecule has 0 spiro atoms. The van der Waals surface area contributed by atoms with Crippen molar-refractivity contribution in [2.45, 2.75) is 17.2 Å². The lowest BCUT2D eigenvalue weighted by Gasteiger charge is -2.10. The minimum Gasteiger partial charge on any atom is -0.293 e. The Morgan fingerprint density at radius 2 is 1.82 bits per heavy atom. The second-order valence-corrected chi connectivity index (χ2v) is 8.49. The number of thiophene rings is 1. The molecule has 0 fully saturated rings. The predicted octanol–water partition coefficient (Wildman–Crippen LogP) is 6.00. The molecule has 0 aliphatic carbocycles. The monoisotopic (exact) mass is 412 g/mol. The lowest BCUT2D eigenvalue weighted by molar-refractivity contribution is 0.0993. The SMILES string of the molecule is CC(Sc1ncnc2sc(-c3ccccc3)cc12)C(=O)c1ccc(F)c(F)c1. The van der Waals surface area contributed by atoms with Crippen LogP contribution in [0.4, 0.5) is 8.78 Å². The van der Waals surface area contributed by atoms with Crippen LogP contribution in [-0.4, -0.2) is 21.0 Å². The number of Topliss-reactive ketones (excluding diaryl/α,β-unsaturated/α-hetero) is 1. The highest BCUT2D eigenvalue weighted by molar-refractivity contribution is 8.00. The number of fused-ring (bicyclic) bond motifs is 1. The van der Waals surface area contributed by atoms with Gasteiger partial charge in [-0.05, 0) is 36.8 Å². The van der Waals surface area contributed by atoms with Gasteiger partial charge in [0.05, 0.1) is 5.25 Å². The molecule has 0 radical (unpaired) electrons. The standard InChI is InChI=1S/C21H14F2N2OS2/c1-12(19(26)14-7-8-16(22)17(23)9-14)27-20-15-10-18(13-5-3-2-4-6-13)28-21(15)25-11-24-20/h2-12H,1H3. The molecule has 4 aromatic rings. The Labute approximate surface area is 168 Å². The van der Waals surface area contributed by atoms with Crippen LogP contribution in [0.2, 0.25) is 0 Å². The maximum absolute atomic E-state index is 13.4. The van der Waals surface area contributed by atoms with E-state index in [0.717, 1.165) is 32.8 Å². The van der Waals surface area contributed by atoms with Gasteiger partial charge in [-0.2, -0.15) is 0 Å². The van der Waals surface area contributed by atoms with Gasteiger partial charge in [-0.1, -0.05) is 42.1 Å². The number of rotatable bonds is 5. The summed E-state index contributed by atoms with van der Waals surface area (Å²) in [5.41, 5.74) is 1.23. The first kappa shape index (κ1) is 18.7. The number of hydrogen-bond donors (Lipinski definition) is 0. The quantitative estimate of drug-likeness (QED) is 0.229. The first-order valence-electron chi connectivity index (χ1n) is 8.49. The summed E-state index contributed by atoms with van der Waals surface area (Å²) in [5, 5.41) is 1.05. The fourth-order valence-electron chi connectivity index (χ4n) is 2.78. The molecule has 0 N–H and O–H groups in total. The van der Waals surface area contributed by atoms with Crippen molar-refractivity contribution in [3.05, 3.63) is 78.1 Å². The summed E-state index contributed by atoms with van der Waals surface area (Å²) in [6, 6.07) is 15.2. The fourth-order valence-corrected chi connectivity index (χ4v) is 4.82. The number of carbonyl (C=O) groups is 1. The summed E-state index contributed by atoms with van der Waals surface area (Å²) in [4.78, 5) is 23.2. The lowest BCUT2D eigenvalue weighted by Crippen LogP contribution is -2.14. The molecular weight excluding hydrogens is 398 g/mol. The predicted molar refractivity (Wildman–Crippen MR) is 109 cm³/mol. The van der Waals surface area contributed by atoms with Gasteiger partial charge in [0.1, 0.15) is 16.2 Å². The Kier molecular flexibility index (Phi) is 5.19. The van der Waals surface area contributed by atoms with Crippen LogP contribution in [0.15, 0.2) is 66.0 Å². The molecule has 0 bridgehead atoms. The van der Waals surface area contributed by atoms with Crippen molar-refractivity contribution < 1.29 is 13.6 Å². The van der Waals surface area contributed by atoms with Crippen LogP contribution in [0.5, 0.6) is 0 Å². The van der Waals surface area contributed by atoms with E-state index in [4.69, 9.17) is 0 Å². The molecule has 0 aliphatic rings. The van der Waals surface area contributed by atoms with Gasteiger partial charge in [-0.25, -0.2) is 18.7 Å². The van der Waals surface area contributed by atoms with Gasteiger partial charge in [-0.15, -0.1) is 11.3 Å². The number of aromatic nitrogens is 2. The van der Waals surface area contributed by atoms with E-state index in [0.29, 0.717) is 5.03 Å². The van der Waals surface area contributed by atoms with Gasteiger partial charge in [-0.3, -0.25) is 4.79 Å². The van der Waals surface area contributed by atoms with Crippen LogP contribution in [0.1, 0.15) is 17.3 Å². The smallest absolute Gasteiger partial charge is 0.176 e. The Morgan fingerprint density at radius 1 is 1.04 bits per heavy atom. The zero-order valence-corrected chi connectivity index (χ0v) is 16.4. The summed E-state index contributed by atoms with van der Waals surface area (Å²) < 4.78 is 26.6. The lowest BCUT2D eigenvalue weighted by atomic mass is 10.1. The maximum atomic E-state index is 13.4. The molecular formula is C21H14F2N2OS2. The molecule has 0 amide bonds. The van der Waals surface area contributed by atoms with E-state index in [-0.39, 0.29) is 11.3 Å². The molecule has 140 valence electrons. The van der Waals surface area contributed by atoms with Gasteiger partial charge in [0.25, 0.3) is 0 Å². The highest BCUT2D eigenvalue weighted by Crippen LogP contribution is 2.37. The number of halogens is 2. The average molecular weight is 412 g/mol. The topological polar surface area (TPSA) is 42.9 Å². The minimum absolute atomic E-state index is 0.138. The van der Waals surface area contributed by atoms with E-state index in [9.17, 15) is 13.6 Å². The van der Waals surface area contributed by atoms with Crippen LogP contribution in [0.3, 0.4) is 0 Å². The van der Waals surface area contributed by atoms with Crippen LogP contribution in [0.25, 0.3) is 20.7 Å². The van der Waals surface area contributed by atoms with Crippen LogP contribution in [0, 0.1) is 11.6 Å². The first-order chi connectivity index (χ1) is 13.5. The van der Waals surface area contributed by atoms with Gasteiger partial charge in [0.15, 0.2) is 17.4 Å². The van der Waals surface area contributed by atoms with Crippen LogP contribution < -0.4 is 0 Å². The van der Waals surface area contributed by atoms with Crippen LogP contribution in [-0.2, 0) is 0 Å². The number of hydrogen-bond acceptors (Lipinski definition) is 5. The molecule has 1 unspecified atom stereocenters. The van der Waals surface area contributed by atoms with E-state index in [1.807, 2.05) is 36.4 Å². The van der Waals surface area contributed by atoms with Gasteiger partial charge in [0, 0.05) is 15.8 Å². The molecule has 1 atom stereocenters. The Bertz CT molecular complexity index is 1160. The van der Waals surface area contributed by atoms with Crippen molar-refractivity contribution in [2.75, 3.05) is 0 Å².